The van der Waals surface area contributed by atoms with Gasteiger partial charge in [0.05, 0.1) is 5.03 Å². The zero-order valence-corrected chi connectivity index (χ0v) is 12.1. The van der Waals surface area contributed by atoms with E-state index in [0.29, 0.717) is 11.5 Å². The first-order chi connectivity index (χ1) is 9.78. The molecule has 1 aromatic carbocycles. The topological polar surface area (TPSA) is 42.0 Å². The number of hydrogen-bond donors (Lipinski definition) is 1. The van der Waals surface area contributed by atoms with Crippen LogP contribution in [-0.2, 0) is 0 Å². The number of hydrogen-bond acceptors (Lipinski definition) is 3. The van der Waals surface area contributed by atoms with Gasteiger partial charge in [-0.3, -0.25) is 4.79 Å². The van der Waals surface area contributed by atoms with Crippen LogP contribution in [0.1, 0.15) is 28.3 Å². The largest absolute Gasteiger partial charge is 0.349 e. The summed E-state index contributed by atoms with van der Waals surface area (Å²) >= 11 is 1.54. The average molecular weight is 284 g/mol. The molecule has 0 spiro atoms. The van der Waals surface area contributed by atoms with E-state index in [9.17, 15) is 4.79 Å². The molecule has 1 heterocycles. The van der Waals surface area contributed by atoms with Crippen molar-refractivity contribution in [1.82, 2.24) is 10.3 Å². The predicted octanol–water partition coefficient (Wildman–Crippen LogP) is 3.09. The van der Waals surface area contributed by atoms with Gasteiger partial charge in [-0.2, -0.15) is 0 Å². The molecule has 20 heavy (non-hydrogen) atoms. The molecule has 2 aromatic rings. The number of carbonyl (C=O) groups is 1. The van der Waals surface area contributed by atoms with Crippen LogP contribution in [0.25, 0.3) is 0 Å². The van der Waals surface area contributed by atoms with Crippen LogP contribution in [0.5, 0.6) is 0 Å². The third-order valence-corrected chi connectivity index (χ3v) is 4.18. The molecule has 1 N–H and O–H groups in total. The van der Waals surface area contributed by atoms with Crippen molar-refractivity contribution in [3.8, 4) is 0 Å². The lowest BCUT2D eigenvalue weighted by atomic mass is 10.1. The van der Waals surface area contributed by atoms with Crippen molar-refractivity contribution < 1.29 is 4.79 Å². The van der Waals surface area contributed by atoms with Crippen LogP contribution >= 0.6 is 11.8 Å². The number of amides is 1. The van der Waals surface area contributed by atoms with Gasteiger partial charge in [-0.05, 0) is 30.4 Å². The highest BCUT2D eigenvalue weighted by Gasteiger charge is 2.39. The molecule has 0 saturated heterocycles. The maximum Gasteiger partial charge on any atom is 0.251 e. The van der Waals surface area contributed by atoms with Crippen molar-refractivity contribution in [3.63, 3.8) is 0 Å². The van der Waals surface area contributed by atoms with Crippen LogP contribution in [-0.4, -0.2) is 23.2 Å². The van der Waals surface area contributed by atoms with E-state index in [2.05, 4.69) is 22.4 Å². The Morgan fingerprint density at radius 3 is 2.85 bits per heavy atom. The van der Waals surface area contributed by atoms with Crippen LogP contribution in [0.4, 0.5) is 0 Å². The van der Waals surface area contributed by atoms with Crippen molar-refractivity contribution in [3.05, 3.63) is 59.8 Å². The van der Waals surface area contributed by atoms with Crippen LogP contribution in [0.3, 0.4) is 0 Å². The van der Waals surface area contributed by atoms with E-state index >= 15 is 0 Å². The number of pyridine rings is 1. The molecular weight excluding hydrogens is 268 g/mol. The van der Waals surface area contributed by atoms with Gasteiger partial charge in [0.2, 0.25) is 0 Å². The number of nitrogens with zero attached hydrogens (tertiary/aromatic N) is 1. The second-order valence-corrected chi connectivity index (χ2v) is 5.75. The van der Waals surface area contributed by atoms with E-state index in [4.69, 9.17) is 0 Å². The molecule has 1 aliphatic carbocycles. The number of thioether (sulfide) groups is 1. The van der Waals surface area contributed by atoms with E-state index < -0.39 is 0 Å². The minimum Gasteiger partial charge on any atom is -0.349 e. The lowest BCUT2D eigenvalue weighted by Gasteiger charge is -2.05. The normalized spacial score (nSPS) is 20.4. The van der Waals surface area contributed by atoms with Gasteiger partial charge in [-0.15, -0.1) is 11.8 Å². The minimum atomic E-state index is -0.00821. The second kappa shape index (κ2) is 5.67. The van der Waals surface area contributed by atoms with Crippen LogP contribution in [0, 0.1) is 0 Å². The molecule has 1 aromatic heterocycles. The molecule has 3 rings (SSSR count). The van der Waals surface area contributed by atoms with Crippen LogP contribution in [0.2, 0.25) is 0 Å². The maximum absolute atomic E-state index is 12.2. The number of rotatable bonds is 4. The Hall–Kier alpha value is -1.81. The fraction of sp³-hybridized carbons (Fsp3) is 0.250. The van der Waals surface area contributed by atoms with Crippen molar-refractivity contribution in [1.29, 1.82) is 0 Å². The first kappa shape index (κ1) is 13.2. The lowest BCUT2D eigenvalue weighted by Crippen LogP contribution is -2.26. The lowest BCUT2D eigenvalue weighted by molar-refractivity contribution is 0.0950. The monoisotopic (exact) mass is 284 g/mol. The van der Waals surface area contributed by atoms with E-state index in [1.807, 2.05) is 30.5 Å². The van der Waals surface area contributed by atoms with Crippen molar-refractivity contribution >= 4 is 17.7 Å². The van der Waals surface area contributed by atoms with Gasteiger partial charge >= 0.3 is 0 Å². The minimum absolute atomic E-state index is 0.00821. The van der Waals surface area contributed by atoms with Gasteiger partial charge in [0.15, 0.2) is 0 Å². The van der Waals surface area contributed by atoms with E-state index in [1.54, 1.807) is 24.0 Å². The molecule has 0 aliphatic heterocycles. The number of nitrogens with one attached hydrogen (secondary N) is 1. The molecule has 0 radical (unpaired) electrons. The summed E-state index contributed by atoms with van der Waals surface area (Å²) in [6.07, 6.45) is 4.66. The highest BCUT2D eigenvalue weighted by molar-refractivity contribution is 7.98. The smallest absolute Gasteiger partial charge is 0.251 e. The van der Waals surface area contributed by atoms with E-state index in [1.165, 1.54) is 5.56 Å². The van der Waals surface area contributed by atoms with Gasteiger partial charge in [-0.1, -0.05) is 30.3 Å². The molecule has 1 aliphatic rings. The maximum atomic E-state index is 12.2. The van der Waals surface area contributed by atoms with Gasteiger partial charge in [-0.25, -0.2) is 4.98 Å². The summed E-state index contributed by atoms with van der Waals surface area (Å²) in [5.74, 6) is 0.452. The molecule has 3 nitrogen and oxygen atoms in total. The molecule has 2 atom stereocenters. The molecule has 1 saturated carbocycles. The summed E-state index contributed by atoms with van der Waals surface area (Å²) in [6.45, 7) is 0. The molecule has 2 unspecified atom stereocenters. The zero-order valence-electron chi connectivity index (χ0n) is 11.2. The Labute approximate surface area is 122 Å². The fourth-order valence-electron chi connectivity index (χ4n) is 2.34. The third kappa shape index (κ3) is 2.85. The zero-order chi connectivity index (χ0) is 13.9. The van der Waals surface area contributed by atoms with Crippen LogP contribution < -0.4 is 5.32 Å². The molecule has 102 valence electrons. The number of benzene rings is 1. The predicted molar refractivity (Wildman–Crippen MR) is 81.1 cm³/mol. The Balaban J connectivity index is 1.63. The first-order valence-electron chi connectivity index (χ1n) is 6.64. The highest BCUT2D eigenvalue weighted by atomic mass is 32.2. The van der Waals surface area contributed by atoms with E-state index in [-0.39, 0.29) is 11.9 Å². The van der Waals surface area contributed by atoms with E-state index in [0.717, 1.165) is 11.4 Å². The summed E-state index contributed by atoms with van der Waals surface area (Å²) in [5, 5.41) is 3.96. The van der Waals surface area contributed by atoms with Gasteiger partial charge in [0, 0.05) is 23.7 Å². The van der Waals surface area contributed by atoms with Crippen molar-refractivity contribution in [2.24, 2.45) is 0 Å². The average Bonchev–Trinajstić information content (AvgIpc) is 3.27. The number of aromatic nitrogens is 1. The Kier molecular flexibility index (Phi) is 3.74. The molecular formula is C16H16N2OS. The Morgan fingerprint density at radius 2 is 2.10 bits per heavy atom. The Morgan fingerprint density at radius 1 is 1.30 bits per heavy atom. The fourth-order valence-corrected chi connectivity index (χ4v) is 2.75. The summed E-state index contributed by atoms with van der Waals surface area (Å²) in [5.41, 5.74) is 1.99. The number of carbonyl (C=O) groups excluding carboxylic acids is 1. The van der Waals surface area contributed by atoms with Gasteiger partial charge in [0.1, 0.15) is 0 Å². The summed E-state index contributed by atoms with van der Waals surface area (Å²) < 4.78 is 0. The first-order valence-corrected chi connectivity index (χ1v) is 7.86. The van der Waals surface area contributed by atoms with Crippen molar-refractivity contribution in [2.45, 2.75) is 23.4 Å². The quantitative estimate of drug-likeness (QED) is 0.877. The summed E-state index contributed by atoms with van der Waals surface area (Å²) in [6, 6.07) is 14.2. The SMILES string of the molecule is CSc1cc(C(=O)NC2CC2c2ccccc2)ccn1. The third-order valence-electron chi connectivity index (χ3n) is 3.54. The second-order valence-electron chi connectivity index (χ2n) is 4.92. The van der Waals surface area contributed by atoms with Crippen LogP contribution in [0.15, 0.2) is 53.7 Å². The molecule has 1 amide bonds. The Bertz CT molecular complexity index is 615. The summed E-state index contributed by atoms with van der Waals surface area (Å²) in [7, 11) is 0. The summed E-state index contributed by atoms with van der Waals surface area (Å²) in [4.78, 5) is 16.4. The molecule has 4 heteroatoms. The van der Waals surface area contributed by atoms with Crippen molar-refractivity contribution in [2.75, 3.05) is 6.26 Å². The van der Waals surface area contributed by atoms with Gasteiger partial charge in [0.25, 0.3) is 5.91 Å². The van der Waals surface area contributed by atoms with Gasteiger partial charge < -0.3 is 5.32 Å². The standard InChI is InChI=1S/C16H16N2OS/c1-20-15-9-12(7-8-17-15)16(19)18-14-10-13(14)11-5-3-2-4-6-11/h2-9,13-14H,10H2,1H3,(H,18,19). The molecule has 0 bridgehead atoms. The highest BCUT2D eigenvalue weighted by Crippen LogP contribution is 2.40. The molecule has 1 fully saturated rings.